The molecule has 5 nitrogen and oxygen atoms in total. The molecule has 0 aromatic rings. The van der Waals surface area contributed by atoms with Crippen LogP contribution >= 0.6 is 0 Å². The molecule has 0 bridgehead atoms. The molecule has 1 unspecified atom stereocenters. The number of hydrogen-bond donors (Lipinski definition) is 1. The molecule has 1 fully saturated rings. The van der Waals surface area contributed by atoms with E-state index in [0.717, 1.165) is 38.7 Å². The van der Waals surface area contributed by atoms with Crippen LogP contribution in [0.1, 0.15) is 19.8 Å². The molecule has 1 saturated heterocycles. The minimum absolute atomic E-state index is 0.0581. The highest BCUT2D eigenvalue weighted by Crippen LogP contribution is 2.14. The largest absolute Gasteiger partial charge is 0.411 e. The third-order valence-electron chi connectivity index (χ3n) is 3.23. The normalized spacial score (nSPS) is 19.5. The molecule has 0 aliphatic carbocycles. The minimum Gasteiger partial charge on any atom is -0.381 e. The number of nitrogens with zero attached hydrogens (tertiary/aromatic N) is 2. The van der Waals surface area contributed by atoms with Gasteiger partial charge in [-0.2, -0.15) is 13.2 Å². The van der Waals surface area contributed by atoms with Crippen LogP contribution in [-0.4, -0.2) is 70.1 Å². The molecule has 22 heavy (non-hydrogen) atoms. The van der Waals surface area contributed by atoms with Crippen LogP contribution < -0.4 is 5.32 Å². The van der Waals surface area contributed by atoms with Crippen LogP contribution in [-0.2, 0) is 9.47 Å². The highest BCUT2D eigenvalue weighted by atomic mass is 19.4. The first-order chi connectivity index (χ1) is 10.4. The maximum absolute atomic E-state index is 11.9. The summed E-state index contributed by atoms with van der Waals surface area (Å²) in [5.41, 5.74) is 0. The van der Waals surface area contributed by atoms with E-state index in [9.17, 15) is 13.2 Å². The van der Waals surface area contributed by atoms with Crippen LogP contribution in [0.4, 0.5) is 13.2 Å². The number of nitrogens with one attached hydrogen (secondary N) is 1. The predicted molar refractivity (Wildman–Crippen MR) is 79.0 cm³/mol. The van der Waals surface area contributed by atoms with E-state index in [1.165, 1.54) is 0 Å². The van der Waals surface area contributed by atoms with E-state index < -0.39 is 12.8 Å². The first kappa shape index (κ1) is 19.0. The average Bonchev–Trinajstić information content (AvgIpc) is 2.93. The third kappa shape index (κ3) is 8.43. The van der Waals surface area contributed by atoms with Crippen molar-refractivity contribution in [1.29, 1.82) is 0 Å². The van der Waals surface area contributed by atoms with Gasteiger partial charge in [0, 0.05) is 45.8 Å². The molecule has 1 N–H and O–H groups in total. The molecular weight excluding hydrogens is 299 g/mol. The lowest BCUT2D eigenvalue weighted by Gasteiger charge is -2.24. The Hall–Kier alpha value is -1.02. The van der Waals surface area contributed by atoms with Gasteiger partial charge in [0.2, 0.25) is 0 Å². The molecule has 1 heterocycles. The number of ether oxygens (including phenoxy) is 2. The molecule has 0 aromatic heterocycles. The second-order valence-electron chi connectivity index (χ2n) is 5.37. The van der Waals surface area contributed by atoms with Crippen molar-refractivity contribution < 1.29 is 22.6 Å². The lowest BCUT2D eigenvalue weighted by Crippen LogP contribution is -2.41. The number of rotatable bonds is 8. The monoisotopic (exact) mass is 325 g/mol. The molecule has 0 radical (unpaired) electrons. The van der Waals surface area contributed by atoms with Gasteiger partial charge in [-0.05, 0) is 19.8 Å². The standard InChI is InChI=1S/C14H26F3N3O2/c1-3-18-13(20(2)9-12-5-8-21-10-12)19-6-4-7-22-11-14(15,16)17/h12H,3-11H2,1-2H3,(H,18,19). The number of alkyl halides is 3. The minimum atomic E-state index is -4.26. The SMILES string of the molecule is CCNC(=NCCCOCC(F)(F)F)N(C)CC1CCOC1. The van der Waals surface area contributed by atoms with Crippen molar-refractivity contribution in [3.05, 3.63) is 0 Å². The number of aliphatic imine (C=N–C) groups is 1. The molecular formula is C14H26F3N3O2. The Morgan fingerprint density at radius 1 is 1.45 bits per heavy atom. The second-order valence-corrected chi connectivity index (χ2v) is 5.37. The Morgan fingerprint density at radius 3 is 2.82 bits per heavy atom. The zero-order valence-electron chi connectivity index (χ0n) is 13.3. The van der Waals surface area contributed by atoms with E-state index in [4.69, 9.17) is 4.74 Å². The van der Waals surface area contributed by atoms with Gasteiger partial charge in [-0.3, -0.25) is 4.99 Å². The Morgan fingerprint density at radius 2 is 2.23 bits per heavy atom. The van der Waals surface area contributed by atoms with Gasteiger partial charge in [-0.15, -0.1) is 0 Å². The van der Waals surface area contributed by atoms with Crippen LogP contribution in [0, 0.1) is 5.92 Å². The zero-order chi connectivity index (χ0) is 16.4. The summed E-state index contributed by atoms with van der Waals surface area (Å²) in [4.78, 5) is 6.46. The van der Waals surface area contributed by atoms with E-state index in [0.29, 0.717) is 18.9 Å². The molecule has 0 spiro atoms. The van der Waals surface area contributed by atoms with Crippen molar-refractivity contribution in [3.63, 3.8) is 0 Å². The molecule has 1 atom stereocenters. The molecule has 130 valence electrons. The fourth-order valence-corrected chi connectivity index (χ4v) is 2.21. The first-order valence-electron chi connectivity index (χ1n) is 7.64. The summed E-state index contributed by atoms with van der Waals surface area (Å²) in [6, 6.07) is 0. The Bertz CT molecular complexity index is 332. The second kappa shape index (κ2) is 9.89. The topological polar surface area (TPSA) is 46.1 Å². The molecule has 1 aliphatic rings. The van der Waals surface area contributed by atoms with Crippen molar-refractivity contribution in [2.24, 2.45) is 10.9 Å². The van der Waals surface area contributed by atoms with Gasteiger partial charge in [-0.1, -0.05) is 0 Å². The van der Waals surface area contributed by atoms with E-state index in [2.05, 4.69) is 15.0 Å². The van der Waals surface area contributed by atoms with Gasteiger partial charge < -0.3 is 19.7 Å². The van der Waals surface area contributed by atoms with Crippen LogP contribution in [0.25, 0.3) is 0 Å². The highest BCUT2D eigenvalue weighted by Gasteiger charge is 2.27. The quantitative estimate of drug-likeness (QED) is 0.421. The number of halogens is 3. The highest BCUT2D eigenvalue weighted by molar-refractivity contribution is 5.79. The van der Waals surface area contributed by atoms with Crippen molar-refractivity contribution >= 4 is 5.96 Å². The summed E-state index contributed by atoms with van der Waals surface area (Å²) < 4.78 is 45.7. The molecule has 0 amide bonds. The third-order valence-corrected chi connectivity index (χ3v) is 3.23. The van der Waals surface area contributed by atoms with Crippen LogP contribution in [0.5, 0.6) is 0 Å². The van der Waals surface area contributed by atoms with E-state index in [1.54, 1.807) is 0 Å². The van der Waals surface area contributed by atoms with E-state index in [1.807, 2.05) is 18.9 Å². The van der Waals surface area contributed by atoms with Crippen LogP contribution in [0.2, 0.25) is 0 Å². The van der Waals surface area contributed by atoms with Crippen molar-refractivity contribution in [2.75, 3.05) is 53.1 Å². The van der Waals surface area contributed by atoms with Crippen LogP contribution in [0.3, 0.4) is 0 Å². The summed E-state index contributed by atoms with van der Waals surface area (Å²) in [6.07, 6.45) is -2.75. The van der Waals surface area contributed by atoms with Gasteiger partial charge in [0.15, 0.2) is 5.96 Å². The van der Waals surface area contributed by atoms with Gasteiger partial charge in [0.25, 0.3) is 0 Å². The smallest absolute Gasteiger partial charge is 0.381 e. The summed E-state index contributed by atoms with van der Waals surface area (Å²) in [5, 5.41) is 3.19. The van der Waals surface area contributed by atoms with Gasteiger partial charge in [-0.25, -0.2) is 0 Å². The number of guanidine groups is 1. The zero-order valence-corrected chi connectivity index (χ0v) is 13.3. The first-order valence-corrected chi connectivity index (χ1v) is 7.64. The van der Waals surface area contributed by atoms with Crippen molar-refractivity contribution in [1.82, 2.24) is 10.2 Å². The molecule has 1 aliphatic heterocycles. The van der Waals surface area contributed by atoms with Crippen molar-refractivity contribution in [2.45, 2.75) is 25.9 Å². The maximum atomic E-state index is 11.9. The summed E-state index contributed by atoms with van der Waals surface area (Å²) in [6.45, 7) is 4.46. The summed E-state index contributed by atoms with van der Waals surface area (Å²) >= 11 is 0. The lowest BCUT2D eigenvalue weighted by atomic mass is 10.1. The molecule has 0 aromatic carbocycles. The average molecular weight is 325 g/mol. The lowest BCUT2D eigenvalue weighted by molar-refractivity contribution is -0.173. The Balaban J connectivity index is 2.28. The Labute approximate surface area is 129 Å². The van der Waals surface area contributed by atoms with Gasteiger partial charge in [0.1, 0.15) is 6.61 Å². The van der Waals surface area contributed by atoms with E-state index in [-0.39, 0.29) is 6.61 Å². The van der Waals surface area contributed by atoms with E-state index >= 15 is 0 Å². The van der Waals surface area contributed by atoms with Crippen molar-refractivity contribution in [3.8, 4) is 0 Å². The fourth-order valence-electron chi connectivity index (χ4n) is 2.21. The molecule has 8 heteroatoms. The molecule has 0 saturated carbocycles. The number of hydrogen-bond acceptors (Lipinski definition) is 3. The van der Waals surface area contributed by atoms with Gasteiger partial charge in [0.05, 0.1) is 6.61 Å². The predicted octanol–water partition coefficient (Wildman–Crippen LogP) is 1.89. The molecule has 1 rings (SSSR count). The Kier molecular flexibility index (Phi) is 8.55. The fraction of sp³-hybridized carbons (Fsp3) is 0.929. The summed E-state index contributed by atoms with van der Waals surface area (Å²) in [7, 11) is 1.96. The maximum Gasteiger partial charge on any atom is 0.411 e. The van der Waals surface area contributed by atoms with Crippen LogP contribution in [0.15, 0.2) is 4.99 Å². The van der Waals surface area contributed by atoms with Gasteiger partial charge >= 0.3 is 6.18 Å². The summed E-state index contributed by atoms with van der Waals surface area (Å²) in [5.74, 6) is 1.27.